The molecule has 172 valence electrons. The Morgan fingerprint density at radius 1 is 0.676 bits per heavy atom. The van der Waals surface area contributed by atoms with Crippen LogP contribution in [0.3, 0.4) is 0 Å². The van der Waals surface area contributed by atoms with E-state index in [1.165, 1.54) is 21.2 Å². The zero-order valence-corrected chi connectivity index (χ0v) is 21.6. The van der Waals surface area contributed by atoms with Gasteiger partial charge < -0.3 is 4.52 Å². The van der Waals surface area contributed by atoms with Gasteiger partial charge in [-0.2, -0.15) is 0 Å². The normalized spacial score (nSPS) is 20.4. The van der Waals surface area contributed by atoms with E-state index in [9.17, 15) is 0 Å². The Balaban J connectivity index is 1.45. The first kappa shape index (κ1) is 23.4. The summed E-state index contributed by atoms with van der Waals surface area (Å²) in [7, 11) is -1.49. The molecule has 0 bridgehead atoms. The minimum Gasteiger partial charge on any atom is -0.348 e. The smallest absolute Gasteiger partial charge is 0.0918 e. The topological polar surface area (TPSA) is 12.5 Å². The lowest BCUT2D eigenvalue weighted by Crippen LogP contribution is -2.65. The zero-order chi connectivity index (χ0) is 23.4. The minimum absolute atomic E-state index is 0.0263. The molecule has 4 aromatic carbocycles. The van der Waals surface area contributed by atoms with Gasteiger partial charge in [-0.1, -0.05) is 128 Å². The van der Waals surface area contributed by atoms with Gasteiger partial charge >= 0.3 is 0 Å². The van der Waals surface area contributed by atoms with Crippen molar-refractivity contribution in [1.29, 1.82) is 0 Å². The first-order valence-electron chi connectivity index (χ1n) is 11.9. The third kappa shape index (κ3) is 4.74. The summed E-state index contributed by atoms with van der Waals surface area (Å²) in [5.74, 6) is 0.563. The Labute approximate surface area is 206 Å². The highest BCUT2D eigenvalue weighted by Crippen LogP contribution is 2.54. The van der Waals surface area contributed by atoms with Crippen LogP contribution in [0.25, 0.3) is 0 Å². The molecule has 34 heavy (non-hydrogen) atoms. The van der Waals surface area contributed by atoms with E-state index in [0.717, 1.165) is 6.54 Å². The molecule has 4 aromatic rings. The van der Waals surface area contributed by atoms with Crippen molar-refractivity contribution in [3.05, 3.63) is 121 Å². The van der Waals surface area contributed by atoms with Crippen molar-refractivity contribution in [1.82, 2.24) is 4.67 Å². The van der Waals surface area contributed by atoms with Gasteiger partial charge in [0, 0.05) is 30.8 Å². The highest BCUT2D eigenvalue weighted by atomic mass is 31.1. The van der Waals surface area contributed by atoms with Crippen LogP contribution in [0.4, 0.5) is 0 Å². The predicted molar refractivity (Wildman–Crippen MR) is 148 cm³/mol. The van der Waals surface area contributed by atoms with E-state index in [2.05, 4.69) is 140 Å². The highest BCUT2D eigenvalue weighted by Gasteiger charge is 2.51. The second-order valence-electron chi connectivity index (χ2n) is 9.06. The summed E-state index contributed by atoms with van der Waals surface area (Å²) < 4.78 is 9.59. The molecule has 1 fully saturated rings. The second-order valence-corrected chi connectivity index (χ2v) is 13.1. The fraction of sp³-hybridized carbons (Fsp3) is 0.200. The van der Waals surface area contributed by atoms with Gasteiger partial charge in [0.05, 0.1) is 14.8 Å². The Hall–Kier alpha value is -2.34. The van der Waals surface area contributed by atoms with Crippen LogP contribution in [-0.2, 0) is 4.52 Å². The van der Waals surface area contributed by atoms with Crippen molar-refractivity contribution in [3.8, 4) is 0 Å². The monoisotopic (exact) mass is 483 g/mol. The highest BCUT2D eigenvalue weighted by molar-refractivity contribution is 7.71. The molecule has 0 aliphatic carbocycles. The molecular formula is C30H31NOP2. The molecule has 4 heteroatoms. The molecule has 1 heterocycles. The molecule has 0 aromatic heterocycles. The van der Waals surface area contributed by atoms with Crippen LogP contribution in [0.1, 0.15) is 13.8 Å². The molecule has 5 rings (SSSR count). The van der Waals surface area contributed by atoms with Gasteiger partial charge in [-0.15, -0.1) is 0 Å². The van der Waals surface area contributed by atoms with Crippen LogP contribution in [0.5, 0.6) is 0 Å². The third-order valence-electron chi connectivity index (χ3n) is 6.81. The molecule has 0 N–H and O–H groups in total. The summed E-state index contributed by atoms with van der Waals surface area (Å²) in [6.45, 7) is 6.56. The molecule has 2 atom stereocenters. The maximum absolute atomic E-state index is 6.88. The molecule has 2 nitrogen and oxygen atoms in total. The molecule has 1 unspecified atom stereocenters. The number of benzene rings is 4. The van der Waals surface area contributed by atoms with E-state index in [1.54, 1.807) is 0 Å². The lowest BCUT2D eigenvalue weighted by Gasteiger charge is -2.59. The predicted octanol–water partition coefficient (Wildman–Crippen LogP) is 5.81. The minimum atomic E-state index is -0.872. The van der Waals surface area contributed by atoms with Crippen molar-refractivity contribution in [3.63, 3.8) is 0 Å². The Morgan fingerprint density at radius 3 is 1.44 bits per heavy atom. The standard InChI is InChI=1S/C30H31NOP2/c1-25-23-31(33(26-15-7-3-8-16-26)27-17-9-4-10-18-27)30(25,2)24-32-34(28-19-11-5-12-20-28)29-21-13-6-14-22-29/h3-22,25H,23-24H2,1-2H3/t25?,30-/m1/s1. The largest absolute Gasteiger partial charge is 0.348 e. The summed E-state index contributed by atoms with van der Waals surface area (Å²) in [5, 5.41) is 5.32. The van der Waals surface area contributed by atoms with E-state index >= 15 is 0 Å². The summed E-state index contributed by atoms with van der Waals surface area (Å²) >= 11 is 0. The molecule has 1 saturated heterocycles. The number of nitrogens with zero attached hydrogens (tertiary/aromatic N) is 1. The molecule has 0 saturated carbocycles. The molecule has 0 amide bonds. The van der Waals surface area contributed by atoms with Crippen molar-refractivity contribution in [2.24, 2.45) is 5.92 Å². The lowest BCUT2D eigenvalue weighted by molar-refractivity contribution is -0.0134. The van der Waals surface area contributed by atoms with E-state index in [4.69, 9.17) is 4.52 Å². The molecule has 1 aliphatic heterocycles. The fourth-order valence-corrected chi connectivity index (χ4v) is 9.28. The van der Waals surface area contributed by atoms with Crippen LogP contribution in [0.15, 0.2) is 121 Å². The molecule has 1 aliphatic rings. The third-order valence-corrected chi connectivity index (χ3v) is 11.4. The van der Waals surface area contributed by atoms with Crippen LogP contribution in [0, 0.1) is 5.92 Å². The summed E-state index contributed by atoms with van der Waals surface area (Å²) in [6, 6.07) is 43.4. The van der Waals surface area contributed by atoms with Gasteiger partial charge in [0.2, 0.25) is 0 Å². The molecule has 0 radical (unpaired) electrons. The summed E-state index contributed by atoms with van der Waals surface area (Å²) in [5.41, 5.74) is -0.0263. The van der Waals surface area contributed by atoms with Crippen LogP contribution >= 0.6 is 16.2 Å². The van der Waals surface area contributed by atoms with Gasteiger partial charge in [-0.05, 0) is 23.5 Å². The number of hydrogen-bond donors (Lipinski definition) is 0. The number of hydrogen-bond acceptors (Lipinski definition) is 2. The SMILES string of the molecule is CC1CN(P(c2ccccc2)c2ccccc2)[C@]1(C)COP(c1ccccc1)c1ccccc1. The maximum Gasteiger partial charge on any atom is 0.0918 e. The summed E-state index contributed by atoms with van der Waals surface area (Å²) in [6.07, 6.45) is 0. The van der Waals surface area contributed by atoms with Gasteiger partial charge in [0.25, 0.3) is 0 Å². The first-order chi connectivity index (χ1) is 16.7. The maximum atomic E-state index is 6.88. The quantitative estimate of drug-likeness (QED) is 0.293. The first-order valence-corrected chi connectivity index (χ1v) is 14.4. The average molecular weight is 484 g/mol. The Morgan fingerprint density at radius 2 is 1.06 bits per heavy atom. The van der Waals surface area contributed by atoms with Crippen LogP contribution in [0.2, 0.25) is 0 Å². The van der Waals surface area contributed by atoms with Crippen molar-refractivity contribution in [2.75, 3.05) is 13.2 Å². The molecular weight excluding hydrogens is 452 g/mol. The van der Waals surface area contributed by atoms with Gasteiger partial charge in [0.15, 0.2) is 0 Å². The van der Waals surface area contributed by atoms with E-state index in [0.29, 0.717) is 12.5 Å². The summed E-state index contributed by atoms with van der Waals surface area (Å²) in [4.78, 5) is 0. The second kappa shape index (κ2) is 10.5. The fourth-order valence-electron chi connectivity index (χ4n) is 4.52. The average Bonchev–Trinajstić information content (AvgIpc) is 2.91. The van der Waals surface area contributed by atoms with E-state index in [1.807, 2.05) is 0 Å². The van der Waals surface area contributed by atoms with Gasteiger partial charge in [-0.3, -0.25) is 4.67 Å². The van der Waals surface area contributed by atoms with Crippen LogP contribution < -0.4 is 21.2 Å². The van der Waals surface area contributed by atoms with Crippen molar-refractivity contribution >= 4 is 37.4 Å². The van der Waals surface area contributed by atoms with Crippen molar-refractivity contribution in [2.45, 2.75) is 19.4 Å². The van der Waals surface area contributed by atoms with Crippen molar-refractivity contribution < 1.29 is 4.52 Å². The number of rotatable bonds is 8. The van der Waals surface area contributed by atoms with Gasteiger partial charge in [-0.25, -0.2) is 0 Å². The van der Waals surface area contributed by atoms with Gasteiger partial charge in [0.1, 0.15) is 0 Å². The molecule has 0 spiro atoms. The van der Waals surface area contributed by atoms with E-state index < -0.39 is 16.2 Å². The van der Waals surface area contributed by atoms with E-state index in [-0.39, 0.29) is 5.54 Å². The lowest BCUT2D eigenvalue weighted by atomic mass is 9.80. The Kier molecular flexibility index (Phi) is 7.23. The Bertz CT molecular complexity index is 1090. The van der Waals surface area contributed by atoms with Crippen LogP contribution in [-0.4, -0.2) is 23.4 Å². The zero-order valence-electron chi connectivity index (χ0n) is 19.8.